The van der Waals surface area contributed by atoms with Crippen molar-refractivity contribution < 1.29 is 28.8 Å². The Bertz CT molecular complexity index is 1730. The number of rotatable bonds is 12. The summed E-state index contributed by atoms with van der Waals surface area (Å²) in [5.41, 5.74) is 7.85. The summed E-state index contributed by atoms with van der Waals surface area (Å²) in [5, 5.41) is 18.5. The van der Waals surface area contributed by atoms with E-state index in [1.807, 2.05) is 74.7 Å². The zero-order valence-electron chi connectivity index (χ0n) is 31.2. The van der Waals surface area contributed by atoms with Crippen LogP contribution in [0.25, 0.3) is 10.9 Å². The van der Waals surface area contributed by atoms with Gasteiger partial charge in [-0.3, -0.25) is 28.8 Å². The number of fused-ring (bicyclic) bond motifs is 1. The highest BCUT2D eigenvalue weighted by atomic mass is 32.2. The van der Waals surface area contributed by atoms with E-state index in [1.165, 1.54) is 0 Å². The first kappa shape index (κ1) is 41.9. The van der Waals surface area contributed by atoms with Crippen molar-refractivity contribution in [1.29, 1.82) is 0 Å². The van der Waals surface area contributed by atoms with Crippen LogP contribution in [0.3, 0.4) is 0 Å². The molecule has 1 aliphatic heterocycles. The third-order valence-electron chi connectivity index (χ3n) is 9.27. The second-order valence-corrected chi connectivity index (χ2v) is 15.1. The second kappa shape index (κ2) is 21.1. The largest absolute Gasteiger partial charge is 0.370 e. The van der Waals surface area contributed by atoms with Gasteiger partial charge in [0.1, 0.15) is 18.1 Å². The lowest BCUT2D eigenvalue weighted by molar-refractivity contribution is -0.134. The minimum absolute atomic E-state index is 0.00349. The molecule has 0 bridgehead atoms. The molecule has 4 rings (SSSR count). The smallest absolute Gasteiger partial charge is 0.243 e. The molecule has 0 radical (unpaired) electrons. The number of thioether (sulfide) groups is 1. The number of aromatic amines is 1. The monoisotopic (exact) mass is 762 g/mol. The fourth-order valence-corrected chi connectivity index (χ4v) is 6.96. The maximum Gasteiger partial charge on any atom is 0.243 e. The molecular weight excluding hydrogens is 709 g/mol. The Hall–Kier alpha value is -4.89. The van der Waals surface area contributed by atoms with Crippen molar-refractivity contribution in [2.75, 3.05) is 25.1 Å². The second-order valence-electron chi connectivity index (χ2n) is 14.1. The standard InChI is InChI=1S/C39H54N8O6S/c1-24(2)19-27-23-43-30(16-18-54-3)37(51)45-31(13-14-34(40)48)38(52)47-33(21-26-22-42-29-12-8-7-11-28(26)29)39(53)46-32(20-25-9-5-4-6-10-25)36(50)41-17-15-35(49)44-27/h4-12,22,24,27,30-33,42-43H,13-21,23H2,1-3H3,(H2,40,48)(H,41,50)(H,44,49)(H,45,51)(H,46,53)(H,47,52)/t27-,30-,31-,32-,33-/m0/s1. The summed E-state index contributed by atoms with van der Waals surface area (Å²) in [7, 11) is 0. The van der Waals surface area contributed by atoms with Crippen LogP contribution in [0.4, 0.5) is 0 Å². The van der Waals surface area contributed by atoms with Gasteiger partial charge in [0.2, 0.25) is 35.4 Å². The summed E-state index contributed by atoms with van der Waals surface area (Å²) >= 11 is 1.56. The number of carbonyl (C=O) groups excluding carboxylic acids is 6. The maximum atomic E-state index is 14.2. The Morgan fingerprint density at radius 3 is 2.15 bits per heavy atom. The fourth-order valence-electron chi connectivity index (χ4n) is 6.49. The van der Waals surface area contributed by atoms with Gasteiger partial charge >= 0.3 is 0 Å². The van der Waals surface area contributed by atoms with E-state index >= 15 is 0 Å². The van der Waals surface area contributed by atoms with Crippen molar-refractivity contribution >= 4 is 58.1 Å². The van der Waals surface area contributed by atoms with Gasteiger partial charge in [0, 0.05) is 61.9 Å². The first-order valence-corrected chi connectivity index (χ1v) is 19.9. The first-order chi connectivity index (χ1) is 25.9. The van der Waals surface area contributed by atoms with Crippen LogP contribution in [0.15, 0.2) is 60.8 Å². The van der Waals surface area contributed by atoms with E-state index in [4.69, 9.17) is 5.73 Å². The van der Waals surface area contributed by atoms with Gasteiger partial charge in [-0.25, -0.2) is 0 Å². The summed E-state index contributed by atoms with van der Waals surface area (Å²) < 4.78 is 0. The minimum atomic E-state index is -1.21. The molecule has 3 aromatic rings. The summed E-state index contributed by atoms with van der Waals surface area (Å²) in [6.45, 7) is 4.38. The van der Waals surface area contributed by atoms with Crippen LogP contribution in [0.1, 0.15) is 57.1 Å². The van der Waals surface area contributed by atoms with Crippen molar-refractivity contribution in [3.63, 3.8) is 0 Å². The van der Waals surface area contributed by atoms with Crippen LogP contribution in [-0.2, 0) is 41.6 Å². The Balaban J connectivity index is 1.71. The van der Waals surface area contributed by atoms with Crippen LogP contribution >= 0.6 is 11.8 Å². The van der Waals surface area contributed by atoms with Gasteiger partial charge in [0.05, 0.1) is 6.04 Å². The highest BCUT2D eigenvalue weighted by Gasteiger charge is 2.32. The predicted octanol–water partition coefficient (Wildman–Crippen LogP) is 1.44. The topological polar surface area (TPSA) is 216 Å². The number of nitrogens with two attached hydrogens (primary N) is 1. The lowest BCUT2D eigenvalue weighted by Crippen LogP contribution is -2.59. The lowest BCUT2D eigenvalue weighted by Gasteiger charge is -2.27. The molecule has 292 valence electrons. The summed E-state index contributed by atoms with van der Waals surface area (Å²) in [6.07, 6.45) is 4.66. The Kier molecular flexibility index (Phi) is 16.4. The van der Waals surface area contributed by atoms with Gasteiger partial charge in [-0.1, -0.05) is 62.4 Å². The van der Waals surface area contributed by atoms with E-state index in [1.54, 1.807) is 18.0 Å². The molecule has 1 aromatic heterocycles. The Morgan fingerprint density at radius 1 is 0.796 bits per heavy atom. The third kappa shape index (κ3) is 13.2. The van der Waals surface area contributed by atoms with Crippen LogP contribution in [0, 0.1) is 5.92 Å². The zero-order valence-corrected chi connectivity index (χ0v) is 32.1. The highest BCUT2D eigenvalue weighted by molar-refractivity contribution is 7.98. The van der Waals surface area contributed by atoms with Crippen LogP contribution in [0.2, 0.25) is 0 Å². The number of nitrogens with one attached hydrogen (secondary N) is 7. The van der Waals surface area contributed by atoms with E-state index in [9.17, 15) is 28.8 Å². The molecule has 2 heterocycles. The summed E-state index contributed by atoms with van der Waals surface area (Å²) in [6, 6.07) is 12.2. The molecule has 14 nitrogen and oxygen atoms in total. The average Bonchev–Trinajstić information content (AvgIpc) is 3.54. The minimum Gasteiger partial charge on any atom is -0.370 e. The maximum absolute atomic E-state index is 14.2. The molecule has 9 N–H and O–H groups in total. The molecule has 0 spiro atoms. The van der Waals surface area contributed by atoms with Crippen molar-refractivity contribution in [3.05, 3.63) is 71.9 Å². The van der Waals surface area contributed by atoms with Crippen molar-refractivity contribution in [1.82, 2.24) is 36.9 Å². The van der Waals surface area contributed by atoms with Crippen molar-refractivity contribution in [2.24, 2.45) is 11.7 Å². The average molecular weight is 763 g/mol. The van der Waals surface area contributed by atoms with Gasteiger partial charge in [-0.15, -0.1) is 0 Å². The molecule has 1 fully saturated rings. The molecule has 6 amide bonds. The van der Waals surface area contributed by atoms with E-state index in [-0.39, 0.29) is 63.1 Å². The van der Waals surface area contributed by atoms with E-state index in [2.05, 4.69) is 36.9 Å². The predicted molar refractivity (Wildman–Crippen MR) is 210 cm³/mol. The molecule has 0 unspecified atom stereocenters. The van der Waals surface area contributed by atoms with Crippen molar-refractivity contribution in [3.8, 4) is 0 Å². The SMILES string of the molecule is CSCC[C@@H]1NC[C@H](CC(C)C)NC(=O)CCNC(=O)[C@H](Cc2ccccc2)NC(=O)[C@H](Cc2c[nH]c3ccccc23)NC(=O)[C@H](CCC(N)=O)NC1=O. The molecule has 2 aromatic carbocycles. The molecule has 0 saturated carbocycles. The third-order valence-corrected chi connectivity index (χ3v) is 9.91. The molecule has 15 heteroatoms. The number of primary amides is 1. The molecule has 1 aliphatic rings. The van der Waals surface area contributed by atoms with Gasteiger partial charge in [-0.05, 0) is 54.4 Å². The van der Waals surface area contributed by atoms with Gasteiger partial charge < -0.3 is 42.6 Å². The van der Waals surface area contributed by atoms with Gasteiger partial charge in [0.15, 0.2) is 0 Å². The first-order valence-electron chi connectivity index (χ1n) is 18.5. The Morgan fingerprint density at radius 2 is 1.44 bits per heavy atom. The van der Waals surface area contributed by atoms with E-state index in [0.717, 1.165) is 22.0 Å². The van der Waals surface area contributed by atoms with Gasteiger partial charge in [0.25, 0.3) is 0 Å². The van der Waals surface area contributed by atoms with Crippen molar-refractivity contribution in [2.45, 2.75) is 89.0 Å². The summed E-state index contributed by atoms with van der Waals surface area (Å²) in [4.78, 5) is 84.1. The van der Waals surface area contributed by atoms with Crippen LogP contribution in [0.5, 0.6) is 0 Å². The van der Waals surface area contributed by atoms with Crippen LogP contribution in [-0.4, -0.2) is 95.7 Å². The number of para-hydroxylation sites is 1. The van der Waals surface area contributed by atoms with Crippen LogP contribution < -0.4 is 37.6 Å². The highest BCUT2D eigenvalue weighted by Crippen LogP contribution is 2.20. The number of amides is 6. The number of hydrogen-bond donors (Lipinski definition) is 8. The van der Waals surface area contributed by atoms with Gasteiger partial charge in [-0.2, -0.15) is 11.8 Å². The number of carbonyl (C=O) groups is 6. The Labute approximate surface area is 320 Å². The molecule has 0 aliphatic carbocycles. The van der Waals surface area contributed by atoms with E-state index in [0.29, 0.717) is 18.6 Å². The lowest BCUT2D eigenvalue weighted by atomic mass is 10.0. The number of hydrogen-bond acceptors (Lipinski definition) is 8. The fraction of sp³-hybridized carbons (Fsp3) is 0.487. The normalized spacial score (nSPS) is 22.6. The molecule has 5 atom stereocenters. The number of aromatic nitrogens is 1. The zero-order chi connectivity index (χ0) is 39.0. The molecule has 1 saturated heterocycles. The number of H-pyrrole nitrogens is 1. The summed E-state index contributed by atoms with van der Waals surface area (Å²) in [5.74, 6) is -2.30. The molecular formula is C39H54N8O6S. The number of benzene rings is 2. The molecule has 54 heavy (non-hydrogen) atoms. The van der Waals surface area contributed by atoms with E-state index < -0.39 is 53.7 Å². The quantitative estimate of drug-likeness (QED) is 0.135.